The summed E-state index contributed by atoms with van der Waals surface area (Å²) in [5, 5.41) is 3.05. The van der Waals surface area contributed by atoms with Crippen molar-refractivity contribution in [3.8, 4) is 0 Å². The van der Waals surface area contributed by atoms with Crippen molar-refractivity contribution in [2.75, 3.05) is 39.0 Å². The first-order chi connectivity index (χ1) is 28.9. The molecule has 1 atom stereocenters. The first kappa shape index (κ1) is 57.7. The van der Waals surface area contributed by atoms with Crippen LogP contribution in [0.3, 0.4) is 0 Å². The number of unbranched alkanes of at least 4 members (excludes halogenated alkanes) is 23. The van der Waals surface area contributed by atoms with Gasteiger partial charge in [-0.15, -0.1) is 0 Å². The lowest BCUT2D eigenvalue weighted by Crippen LogP contribution is -2.32. The average Bonchev–Trinajstić information content (AvgIpc) is 3.23. The van der Waals surface area contributed by atoms with Crippen LogP contribution in [0.2, 0.25) is 0 Å². The number of esters is 2. The fourth-order valence-electron chi connectivity index (χ4n) is 7.88. The Morgan fingerprint density at radius 3 is 1.29 bits per heavy atom. The minimum Gasteiger partial charge on any atom is -0.462 e. The maximum absolute atomic E-state index is 12.8. The molecule has 1 unspecified atom stereocenters. The van der Waals surface area contributed by atoms with Gasteiger partial charge < -0.3 is 19.7 Å². The Kier molecular flexibility index (Phi) is 45.2. The smallest absolute Gasteiger partial charge is 0.306 e. The predicted octanol–water partition coefficient (Wildman–Crippen LogP) is 13.8. The zero-order valence-electron chi connectivity index (χ0n) is 39.8. The van der Waals surface area contributed by atoms with Crippen molar-refractivity contribution >= 4 is 29.8 Å². The molecule has 0 aromatic heterocycles. The van der Waals surface area contributed by atoms with Gasteiger partial charge in [-0.3, -0.25) is 19.1 Å². The number of ether oxygens (including phenoxy) is 2. The van der Waals surface area contributed by atoms with E-state index < -0.39 is 0 Å². The molecule has 0 aliphatic carbocycles. The highest BCUT2D eigenvalue weighted by Gasteiger charge is 2.15. The highest BCUT2D eigenvalue weighted by atomic mass is 32.2. The van der Waals surface area contributed by atoms with E-state index in [4.69, 9.17) is 9.47 Å². The van der Waals surface area contributed by atoms with Crippen molar-refractivity contribution in [2.45, 2.75) is 265 Å². The maximum atomic E-state index is 12.8. The predicted molar refractivity (Wildman–Crippen MR) is 255 cm³/mol. The number of carbonyl (C=O) groups is 3. The summed E-state index contributed by atoms with van der Waals surface area (Å²) in [6.07, 6.45) is 40.1. The summed E-state index contributed by atoms with van der Waals surface area (Å²) >= 11 is 1.42. The lowest BCUT2D eigenvalue weighted by Gasteiger charge is -2.22. The summed E-state index contributed by atoms with van der Waals surface area (Å²) in [6.45, 7) is 12.8. The molecule has 0 spiro atoms. The van der Waals surface area contributed by atoms with E-state index in [9.17, 15) is 14.4 Å². The van der Waals surface area contributed by atoms with Gasteiger partial charge in [0.05, 0.1) is 5.75 Å². The van der Waals surface area contributed by atoms with E-state index in [0.29, 0.717) is 25.1 Å². The minimum absolute atomic E-state index is 0.0126. The van der Waals surface area contributed by atoms with E-state index in [-0.39, 0.29) is 30.1 Å². The van der Waals surface area contributed by atoms with Crippen molar-refractivity contribution in [2.24, 2.45) is 0 Å². The van der Waals surface area contributed by atoms with Gasteiger partial charge in [0, 0.05) is 19.4 Å². The molecule has 0 saturated carbocycles. The second-order valence-corrected chi connectivity index (χ2v) is 18.4. The van der Waals surface area contributed by atoms with Gasteiger partial charge in [-0.05, 0) is 104 Å². The van der Waals surface area contributed by atoms with Crippen LogP contribution in [-0.2, 0) is 23.9 Å². The number of amides is 1. The molecule has 0 aromatic rings. The molecule has 0 aliphatic heterocycles. The zero-order chi connectivity index (χ0) is 43.3. The third kappa shape index (κ3) is 41.8. The Morgan fingerprint density at radius 2 is 0.847 bits per heavy atom. The molecule has 0 heterocycles. The Bertz CT molecular complexity index is 909. The Balaban J connectivity index is 4.49. The molecule has 8 nitrogen and oxygen atoms in total. The molecule has 9 heteroatoms. The van der Waals surface area contributed by atoms with E-state index in [0.717, 1.165) is 110 Å². The van der Waals surface area contributed by atoms with Crippen LogP contribution in [0.4, 0.5) is 0 Å². The van der Waals surface area contributed by atoms with Gasteiger partial charge in [-0.25, -0.2) is 0 Å². The monoisotopic (exact) mass is 854 g/mol. The van der Waals surface area contributed by atoms with Crippen molar-refractivity contribution in [3.05, 3.63) is 0 Å². The van der Waals surface area contributed by atoms with Crippen LogP contribution in [0.25, 0.3) is 0 Å². The van der Waals surface area contributed by atoms with Gasteiger partial charge in [0.1, 0.15) is 12.2 Å². The van der Waals surface area contributed by atoms with Crippen molar-refractivity contribution in [1.82, 2.24) is 14.9 Å². The summed E-state index contributed by atoms with van der Waals surface area (Å²) in [4.78, 5) is 40.0. The first-order valence-corrected chi connectivity index (χ1v) is 26.5. The van der Waals surface area contributed by atoms with Crippen LogP contribution in [0, 0.1) is 0 Å². The van der Waals surface area contributed by atoms with E-state index in [2.05, 4.69) is 42.6 Å². The molecule has 59 heavy (non-hydrogen) atoms. The minimum atomic E-state index is -0.0168. The number of hydrogen-bond donors (Lipinski definition) is 2. The normalized spacial score (nSPS) is 12.1. The van der Waals surface area contributed by atoms with Gasteiger partial charge in [-0.1, -0.05) is 174 Å². The highest BCUT2D eigenvalue weighted by Crippen LogP contribution is 2.19. The topological polar surface area (TPSA) is 97.0 Å². The van der Waals surface area contributed by atoms with Crippen molar-refractivity contribution < 1.29 is 23.9 Å². The molecule has 0 aromatic carbocycles. The Hall–Kier alpha value is -1.32. The third-order valence-electron chi connectivity index (χ3n) is 11.7. The third-order valence-corrected chi connectivity index (χ3v) is 12.4. The van der Waals surface area contributed by atoms with Crippen LogP contribution in [0.1, 0.15) is 252 Å². The molecular weight excluding hydrogens is 755 g/mol. The maximum Gasteiger partial charge on any atom is 0.306 e. The van der Waals surface area contributed by atoms with Gasteiger partial charge in [-0.2, -0.15) is 0 Å². The zero-order valence-corrected chi connectivity index (χ0v) is 40.7. The molecule has 0 aliphatic rings. The molecule has 1 amide bonds. The summed E-state index contributed by atoms with van der Waals surface area (Å²) < 4.78 is 14.8. The van der Waals surface area contributed by atoms with E-state index in [1.54, 1.807) is 0 Å². The fraction of sp³-hybridized carbons (Fsp3) is 0.940. The standard InChI is InChI=1S/C50H99N3O5S/c1-6-10-13-16-21-28-36-46(9-4)57-49(55)39-31-24-19-26-33-42-53(44-35-41-52-48(54)45-59-51-5)43-34-27-20-25-32-40-50(56)58-47(37-29-22-17-14-11-7-2)38-30-23-18-15-12-8-3/h46-47,51H,6-45H2,1-5H3,(H,52,54). The van der Waals surface area contributed by atoms with Crippen LogP contribution < -0.4 is 10.0 Å². The number of hydrogen-bond acceptors (Lipinski definition) is 8. The van der Waals surface area contributed by atoms with Gasteiger partial charge in [0.15, 0.2) is 0 Å². The second-order valence-electron chi connectivity index (χ2n) is 17.4. The van der Waals surface area contributed by atoms with Crippen molar-refractivity contribution in [3.63, 3.8) is 0 Å². The van der Waals surface area contributed by atoms with Crippen molar-refractivity contribution in [1.29, 1.82) is 0 Å². The summed E-state index contributed by atoms with van der Waals surface area (Å²) in [7, 11) is 1.84. The molecule has 0 saturated heterocycles. The van der Waals surface area contributed by atoms with E-state index in [1.807, 2.05) is 7.05 Å². The van der Waals surface area contributed by atoms with Crippen LogP contribution >= 0.6 is 11.9 Å². The number of nitrogens with one attached hydrogen (secondary N) is 2. The number of nitrogens with zero attached hydrogens (tertiary/aromatic N) is 1. The lowest BCUT2D eigenvalue weighted by atomic mass is 10.0. The molecule has 0 radical (unpaired) electrons. The quantitative estimate of drug-likeness (QED) is 0.0355. The van der Waals surface area contributed by atoms with Gasteiger partial charge in [0.25, 0.3) is 0 Å². The van der Waals surface area contributed by atoms with Crippen LogP contribution in [-0.4, -0.2) is 73.9 Å². The summed E-state index contributed by atoms with van der Waals surface area (Å²) in [5.74, 6) is 0.515. The Labute approximate surface area is 370 Å². The summed E-state index contributed by atoms with van der Waals surface area (Å²) in [6, 6.07) is 0. The van der Waals surface area contributed by atoms with Gasteiger partial charge >= 0.3 is 11.9 Å². The molecule has 350 valence electrons. The first-order valence-electron chi connectivity index (χ1n) is 25.6. The summed E-state index contributed by atoms with van der Waals surface area (Å²) in [5.41, 5.74) is 0. The molecule has 0 fully saturated rings. The Morgan fingerprint density at radius 1 is 0.475 bits per heavy atom. The average molecular weight is 854 g/mol. The van der Waals surface area contributed by atoms with Crippen LogP contribution in [0.15, 0.2) is 0 Å². The largest absolute Gasteiger partial charge is 0.462 e. The lowest BCUT2D eigenvalue weighted by molar-refractivity contribution is -0.150. The molecular formula is C50H99N3O5S. The highest BCUT2D eigenvalue weighted by molar-refractivity contribution is 7.98. The molecule has 0 rings (SSSR count). The molecule has 2 N–H and O–H groups in total. The molecule has 0 bridgehead atoms. The van der Waals surface area contributed by atoms with E-state index >= 15 is 0 Å². The number of rotatable bonds is 47. The second kappa shape index (κ2) is 46.2. The van der Waals surface area contributed by atoms with Gasteiger partial charge in [0.2, 0.25) is 5.91 Å². The number of carbonyl (C=O) groups excluding carboxylic acids is 3. The van der Waals surface area contributed by atoms with Crippen LogP contribution in [0.5, 0.6) is 0 Å². The van der Waals surface area contributed by atoms with E-state index in [1.165, 1.54) is 134 Å². The fourth-order valence-corrected chi connectivity index (χ4v) is 8.26. The SMILES string of the molecule is CCCCCCCCC(CC)OC(=O)CCCCCCCN(CCCCCCCC(=O)OC(CCCCCCCC)CCCCCCCC)CCCNC(=O)CSNC.